The van der Waals surface area contributed by atoms with Gasteiger partial charge in [-0.05, 0) is 43.3 Å². The number of nitrogens with zero attached hydrogens (tertiary/aromatic N) is 1. The molecule has 0 radical (unpaired) electrons. The molecule has 4 rings (SSSR count). The highest BCUT2D eigenvalue weighted by molar-refractivity contribution is 8.01. The minimum Gasteiger partial charge on any atom is -0.497 e. The van der Waals surface area contributed by atoms with Crippen molar-refractivity contribution < 1.29 is 23.8 Å². The number of amides is 1. The molecule has 0 N–H and O–H groups in total. The second-order valence-electron chi connectivity index (χ2n) is 8.22. The Morgan fingerprint density at radius 2 is 1.86 bits per heavy atom. The number of thiophene rings is 1. The van der Waals surface area contributed by atoms with Crippen LogP contribution < -0.4 is 9.47 Å². The third kappa shape index (κ3) is 5.01. The monoisotopic (exact) mass is 531 g/mol. The lowest BCUT2D eigenvalue weighted by molar-refractivity contribution is -0.144. The Hall–Kier alpha value is -2.68. The standard InChI is InChI=1S/C26H26ClNO5S2/c1-16-5-9-19(10-6-16)35-26(25(30)33-4)14-23(29)28(24(26)21-11-12-22(27)34-21)15-17-7-8-18(31-2)13-20(17)32-3/h5-13,24H,14-15H2,1-4H3. The smallest absolute Gasteiger partial charge is 0.325 e. The molecule has 0 spiro atoms. The average Bonchev–Trinajstić information content (AvgIpc) is 3.40. The van der Waals surface area contributed by atoms with Gasteiger partial charge in [-0.1, -0.05) is 29.3 Å². The van der Waals surface area contributed by atoms with Gasteiger partial charge in [-0.2, -0.15) is 0 Å². The first-order valence-electron chi connectivity index (χ1n) is 10.9. The second-order valence-corrected chi connectivity index (χ2v) is 11.4. The molecular weight excluding hydrogens is 506 g/mol. The first kappa shape index (κ1) is 25.4. The Kier molecular flexibility index (Phi) is 7.64. The first-order chi connectivity index (χ1) is 16.8. The maximum Gasteiger partial charge on any atom is 0.325 e. The van der Waals surface area contributed by atoms with Crippen LogP contribution in [0.15, 0.2) is 59.5 Å². The molecule has 0 saturated carbocycles. The number of carbonyl (C=O) groups excluding carboxylic acids is 2. The van der Waals surface area contributed by atoms with Gasteiger partial charge >= 0.3 is 5.97 Å². The lowest BCUT2D eigenvalue weighted by Crippen LogP contribution is -2.42. The number of thioether (sulfide) groups is 1. The van der Waals surface area contributed by atoms with Crippen LogP contribution in [-0.2, 0) is 20.9 Å². The van der Waals surface area contributed by atoms with Gasteiger partial charge in [0.05, 0.1) is 44.7 Å². The highest BCUT2D eigenvalue weighted by Gasteiger charge is 2.59. The van der Waals surface area contributed by atoms with E-state index in [4.69, 9.17) is 25.8 Å². The van der Waals surface area contributed by atoms with E-state index >= 15 is 0 Å². The molecule has 2 heterocycles. The van der Waals surface area contributed by atoms with Crippen LogP contribution in [-0.4, -0.2) is 42.9 Å². The van der Waals surface area contributed by atoms with E-state index in [2.05, 4.69) is 0 Å². The maximum atomic E-state index is 13.6. The van der Waals surface area contributed by atoms with Gasteiger partial charge in [0.1, 0.15) is 11.5 Å². The van der Waals surface area contributed by atoms with Gasteiger partial charge in [-0.25, -0.2) is 0 Å². The molecule has 184 valence electrons. The van der Waals surface area contributed by atoms with Gasteiger partial charge in [0.15, 0.2) is 4.75 Å². The molecule has 35 heavy (non-hydrogen) atoms. The Morgan fingerprint density at radius 3 is 2.46 bits per heavy atom. The molecule has 0 bridgehead atoms. The van der Waals surface area contributed by atoms with Gasteiger partial charge in [-0.3, -0.25) is 9.59 Å². The largest absolute Gasteiger partial charge is 0.497 e. The first-order valence-corrected chi connectivity index (χ1v) is 12.9. The SMILES string of the molecule is COC(=O)C1(Sc2ccc(C)cc2)CC(=O)N(Cc2ccc(OC)cc2OC)C1c1ccc(Cl)s1. The van der Waals surface area contributed by atoms with E-state index in [1.807, 2.05) is 49.4 Å². The third-order valence-corrected chi connectivity index (χ3v) is 8.73. The number of ether oxygens (including phenoxy) is 3. The highest BCUT2D eigenvalue weighted by atomic mass is 35.5. The van der Waals surface area contributed by atoms with Crippen LogP contribution in [0.1, 0.15) is 28.5 Å². The molecule has 0 aliphatic carbocycles. The summed E-state index contributed by atoms with van der Waals surface area (Å²) in [6.45, 7) is 2.25. The summed E-state index contributed by atoms with van der Waals surface area (Å²) >= 11 is 9.03. The second kappa shape index (κ2) is 10.5. The number of likely N-dealkylation sites (tertiary alicyclic amines) is 1. The van der Waals surface area contributed by atoms with Crippen molar-refractivity contribution in [1.82, 2.24) is 4.90 Å². The summed E-state index contributed by atoms with van der Waals surface area (Å²) in [6, 6.07) is 16.4. The number of halogens is 1. The summed E-state index contributed by atoms with van der Waals surface area (Å²) in [4.78, 5) is 30.5. The van der Waals surface area contributed by atoms with Gasteiger partial charge in [0.2, 0.25) is 5.91 Å². The quantitative estimate of drug-likeness (QED) is 0.337. The summed E-state index contributed by atoms with van der Waals surface area (Å²) in [5, 5.41) is 0. The number of aryl methyl sites for hydroxylation is 1. The van der Waals surface area contributed by atoms with Crippen LogP contribution in [0.5, 0.6) is 11.5 Å². The summed E-state index contributed by atoms with van der Waals surface area (Å²) in [6.07, 6.45) is -0.00310. The zero-order chi connectivity index (χ0) is 25.2. The Labute approximate surface area is 218 Å². The van der Waals surface area contributed by atoms with Crippen molar-refractivity contribution in [1.29, 1.82) is 0 Å². The lowest BCUT2D eigenvalue weighted by atomic mass is 9.97. The van der Waals surface area contributed by atoms with Crippen molar-refractivity contribution in [2.75, 3.05) is 21.3 Å². The van der Waals surface area contributed by atoms with Crippen LogP contribution in [0.4, 0.5) is 0 Å². The minimum atomic E-state index is -1.19. The van der Waals surface area contributed by atoms with Crippen molar-refractivity contribution in [3.63, 3.8) is 0 Å². The topological polar surface area (TPSA) is 65.1 Å². The van der Waals surface area contributed by atoms with Crippen molar-refractivity contribution in [3.8, 4) is 11.5 Å². The van der Waals surface area contributed by atoms with Crippen molar-refractivity contribution in [3.05, 3.63) is 74.9 Å². The fourth-order valence-corrected chi connectivity index (χ4v) is 7.09. The highest BCUT2D eigenvalue weighted by Crippen LogP contribution is 2.55. The number of hydrogen-bond acceptors (Lipinski definition) is 7. The van der Waals surface area contributed by atoms with Crippen LogP contribution in [0.2, 0.25) is 4.34 Å². The van der Waals surface area contributed by atoms with Crippen LogP contribution in [0.25, 0.3) is 0 Å². The number of hydrogen-bond donors (Lipinski definition) is 0. The Balaban J connectivity index is 1.82. The minimum absolute atomic E-state index is 0.00310. The van der Waals surface area contributed by atoms with E-state index in [9.17, 15) is 9.59 Å². The van der Waals surface area contributed by atoms with Crippen molar-refractivity contribution >= 4 is 46.6 Å². The molecule has 1 aliphatic rings. The molecule has 2 aromatic carbocycles. The van der Waals surface area contributed by atoms with Gasteiger partial charge in [-0.15, -0.1) is 23.1 Å². The van der Waals surface area contributed by atoms with Gasteiger partial charge < -0.3 is 19.1 Å². The molecule has 1 fully saturated rings. The fraction of sp³-hybridized carbons (Fsp3) is 0.308. The summed E-state index contributed by atoms with van der Waals surface area (Å²) in [7, 11) is 4.52. The van der Waals surface area contributed by atoms with Crippen LogP contribution in [0, 0.1) is 6.92 Å². The predicted molar refractivity (Wildman–Crippen MR) is 139 cm³/mol. The van der Waals surface area contributed by atoms with E-state index in [0.717, 1.165) is 20.9 Å². The predicted octanol–water partition coefficient (Wildman–Crippen LogP) is 5.90. The molecule has 9 heteroatoms. The zero-order valence-corrected chi connectivity index (χ0v) is 22.3. The van der Waals surface area contributed by atoms with Gasteiger partial charge in [0.25, 0.3) is 0 Å². The molecule has 6 nitrogen and oxygen atoms in total. The van der Waals surface area contributed by atoms with Crippen molar-refractivity contribution in [2.45, 2.75) is 35.6 Å². The van der Waals surface area contributed by atoms with E-state index in [1.165, 1.54) is 30.2 Å². The molecule has 1 amide bonds. The fourth-order valence-electron chi connectivity index (χ4n) is 4.33. The number of carbonyl (C=O) groups is 2. The lowest BCUT2D eigenvalue weighted by Gasteiger charge is -2.34. The van der Waals surface area contributed by atoms with E-state index in [-0.39, 0.29) is 18.9 Å². The number of esters is 1. The van der Waals surface area contributed by atoms with E-state index in [1.54, 1.807) is 31.3 Å². The number of rotatable bonds is 8. The average molecular weight is 532 g/mol. The normalized spacial score (nSPS) is 19.6. The molecule has 1 aliphatic heterocycles. The third-order valence-electron chi connectivity index (χ3n) is 6.04. The van der Waals surface area contributed by atoms with Crippen molar-refractivity contribution in [2.24, 2.45) is 0 Å². The number of benzene rings is 2. The Morgan fingerprint density at radius 1 is 1.11 bits per heavy atom. The molecule has 1 saturated heterocycles. The van der Waals surface area contributed by atoms with E-state index in [0.29, 0.717) is 15.8 Å². The molecule has 1 aromatic heterocycles. The molecular formula is C26H26ClNO5S2. The summed E-state index contributed by atoms with van der Waals surface area (Å²) < 4.78 is 15.6. The molecule has 2 unspecified atom stereocenters. The number of methoxy groups -OCH3 is 3. The van der Waals surface area contributed by atoms with E-state index < -0.39 is 16.8 Å². The summed E-state index contributed by atoms with van der Waals surface area (Å²) in [5.41, 5.74) is 1.91. The Bertz CT molecular complexity index is 1230. The van der Waals surface area contributed by atoms with Crippen LogP contribution >= 0.6 is 34.7 Å². The van der Waals surface area contributed by atoms with Crippen LogP contribution in [0.3, 0.4) is 0 Å². The molecule has 2 atom stereocenters. The summed E-state index contributed by atoms with van der Waals surface area (Å²) in [5.74, 6) is 0.651. The zero-order valence-electron chi connectivity index (χ0n) is 19.9. The maximum absolute atomic E-state index is 13.6. The molecule has 3 aromatic rings. The van der Waals surface area contributed by atoms with Gasteiger partial charge in [0, 0.05) is 21.4 Å².